The van der Waals surface area contributed by atoms with Gasteiger partial charge >= 0.3 is 0 Å². The Kier molecular flexibility index (Phi) is 4.64. The van der Waals surface area contributed by atoms with Crippen molar-refractivity contribution in [1.29, 1.82) is 0 Å². The Morgan fingerprint density at radius 2 is 1.92 bits per heavy atom. The third-order valence-corrected chi connectivity index (χ3v) is 4.99. The molecule has 3 rings (SSSR count). The van der Waals surface area contributed by atoms with E-state index in [2.05, 4.69) is 42.3 Å². The van der Waals surface area contributed by atoms with Crippen molar-refractivity contribution in [3.63, 3.8) is 0 Å². The van der Waals surface area contributed by atoms with E-state index in [1.54, 1.807) is 11.6 Å². The first-order valence-electron chi connectivity index (χ1n) is 7.26. The topological polar surface area (TPSA) is 60.1 Å². The SMILES string of the molecule is Cc1cc(NC(=O)c2c(C)oc(C)c2Br)n(-c2cccc(Br)c2)n1. The van der Waals surface area contributed by atoms with Gasteiger partial charge in [0, 0.05) is 10.5 Å². The van der Waals surface area contributed by atoms with Crippen molar-refractivity contribution in [2.75, 3.05) is 5.32 Å². The minimum Gasteiger partial charge on any atom is -0.465 e. The lowest BCUT2D eigenvalue weighted by atomic mass is 10.2. The molecule has 0 unspecified atom stereocenters. The van der Waals surface area contributed by atoms with Gasteiger partial charge in [-0.05, 0) is 54.9 Å². The maximum atomic E-state index is 12.7. The van der Waals surface area contributed by atoms with Gasteiger partial charge in [0.2, 0.25) is 0 Å². The zero-order valence-electron chi connectivity index (χ0n) is 13.4. The summed E-state index contributed by atoms with van der Waals surface area (Å²) in [5.41, 5.74) is 2.16. The molecule has 3 aromatic rings. The first-order valence-corrected chi connectivity index (χ1v) is 8.85. The molecule has 0 saturated carbocycles. The highest BCUT2D eigenvalue weighted by Gasteiger charge is 2.21. The zero-order valence-corrected chi connectivity index (χ0v) is 16.5. The predicted octanol–water partition coefficient (Wildman–Crippen LogP) is 5.17. The average Bonchev–Trinajstić information content (AvgIpc) is 2.99. The van der Waals surface area contributed by atoms with E-state index >= 15 is 0 Å². The van der Waals surface area contributed by atoms with Crippen molar-refractivity contribution in [1.82, 2.24) is 9.78 Å². The molecule has 0 atom stereocenters. The van der Waals surface area contributed by atoms with E-state index in [0.717, 1.165) is 15.9 Å². The number of halogens is 2. The number of anilines is 1. The number of carbonyl (C=O) groups excluding carboxylic acids is 1. The third kappa shape index (κ3) is 3.18. The number of nitrogens with zero attached hydrogens (tertiary/aromatic N) is 2. The second kappa shape index (κ2) is 6.57. The molecule has 7 heteroatoms. The molecule has 1 N–H and O–H groups in total. The Morgan fingerprint density at radius 3 is 2.54 bits per heavy atom. The number of hydrogen-bond donors (Lipinski definition) is 1. The molecule has 1 aromatic carbocycles. The maximum Gasteiger partial charge on any atom is 0.261 e. The molecule has 0 spiro atoms. The van der Waals surface area contributed by atoms with Gasteiger partial charge in [0.1, 0.15) is 17.3 Å². The van der Waals surface area contributed by atoms with Gasteiger partial charge in [0.25, 0.3) is 5.91 Å². The summed E-state index contributed by atoms with van der Waals surface area (Å²) in [7, 11) is 0. The molecule has 0 radical (unpaired) electrons. The maximum absolute atomic E-state index is 12.7. The molecule has 0 saturated heterocycles. The molecule has 1 amide bonds. The van der Waals surface area contributed by atoms with Crippen LogP contribution in [0.3, 0.4) is 0 Å². The molecular weight excluding hydrogens is 438 g/mol. The van der Waals surface area contributed by atoms with Gasteiger partial charge in [-0.3, -0.25) is 4.79 Å². The van der Waals surface area contributed by atoms with Crippen LogP contribution in [-0.2, 0) is 0 Å². The molecule has 5 nitrogen and oxygen atoms in total. The minimum absolute atomic E-state index is 0.243. The summed E-state index contributed by atoms with van der Waals surface area (Å²) < 4.78 is 8.81. The van der Waals surface area contributed by atoms with Gasteiger partial charge in [0.15, 0.2) is 0 Å². The average molecular weight is 453 g/mol. The van der Waals surface area contributed by atoms with E-state index in [1.807, 2.05) is 44.2 Å². The number of hydrogen-bond acceptors (Lipinski definition) is 3. The number of furan rings is 1. The van der Waals surface area contributed by atoms with Crippen molar-refractivity contribution < 1.29 is 9.21 Å². The summed E-state index contributed by atoms with van der Waals surface area (Å²) >= 11 is 6.86. The van der Waals surface area contributed by atoms with E-state index in [9.17, 15) is 4.79 Å². The molecule has 0 aliphatic heterocycles. The van der Waals surface area contributed by atoms with Crippen LogP contribution in [0.25, 0.3) is 5.69 Å². The Morgan fingerprint density at radius 1 is 1.17 bits per heavy atom. The van der Waals surface area contributed by atoms with Crippen LogP contribution in [0, 0.1) is 20.8 Å². The number of amides is 1. The lowest BCUT2D eigenvalue weighted by Crippen LogP contribution is -2.16. The standard InChI is InChI=1S/C17H15Br2N3O2/c1-9-7-14(22(21-9)13-6-4-5-12(18)8-13)20-17(23)15-10(2)24-11(3)16(15)19/h4-8H,1-3H3,(H,20,23). The summed E-state index contributed by atoms with van der Waals surface area (Å²) in [6.07, 6.45) is 0. The highest BCUT2D eigenvalue weighted by molar-refractivity contribution is 9.10. The van der Waals surface area contributed by atoms with Crippen LogP contribution < -0.4 is 5.32 Å². The Hall–Kier alpha value is -1.86. The largest absolute Gasteiger partial charge is 0.465 e. The molecule has 2 aromatic heterocycles. The van der Waals surface area contributed by atoms with Crippen LogP contribution in [0.15, 0.2) is 43.7 Å². The molecule has 0 aliphatic rings. The Balaban J connectivity index is 1.98. The van der Waals surface area contributed by atoms with Crippen molar-refractivity contribution in [3.8, 4) is 5.69 Å². The van der Waals surface area contributed by atoms with E-state index < -0.39 is 0 Å². The van der Waals surface area contributed by atoms with E-state index in [4.69, 9.17) is 4.42 Å². The van der Waals surface area contributed by atoms with Gasteiger partial charge in [-0.25, -0.2) is 4.68 Å². The second-order valence-electron chi connectivity index (χ2n) is 5.42. The zero-order chi connectivity index (χ0) is 17.4. The van der Waals surface area contributed by atoms with E-state index in [1.165, 1.54) is 0 Å². The second-order valence-corrected chi connectivity index (χ2v) is 7.13. The van der Waals surface area contributed by atoms with Crippen molar-refractivity contribution in [3.05, 3.63) is 62.1 Å². The van der Waals surface area contributed by atoms with E-state index in [-0.39, 0.29) is 5.91 Å². The van der Waals surface area contributed by atoms with Gasteiger partial charge in [-0.1, -0.05) is 22.0 Å². The van der Waals surface area contributed by atoms with E-state index in [0.29, 0.717) is 27.4 Å². The fourth-order valence-electron chi connectivity index (χ4n) is 2.49. The third-order valence-electron chi connectivity index (χ3n) is 3.54. The summed E-state index contributed by atoms with van der Waals surface area (Å²) in [4.78, 5) is 12.7. The normalized spacial score (nSPS) is 10.9. The highest BCUT2D eigenvalue weighted by atomic mass is 79.9. The van der Waals surface area contributed by atoms with Crippen molar-refractivity contribution >= 4 is 43.6 Å². The molecule has 124 valence electrons. The van der Waals surface area contributed by atoms with Crippen molar-refractivity contribution in [2.45, 2.75) is 20.8 Å². The number of rotatable bonds is 3. The number of aromatic nitrogens is 2. The summed E-state index contributed by atoms with van der Waals surface area (Å²) in [6.45, 7) is 5.46. The van der Waals surface area contributed by atoms with Gasteiger partial charge in [-0.2, -0.15) is 5.10 Å². The molecule has 0 bridgehead atoms. The van der Waals surface area contributed by atoms with Crippen LogP contribution in [-0.4, -0.2) is 15.7 Å². The van der Waals surface area contributed by atoms with Crippen LogP contribution in [0.4, 0.5) is 5.82 Å². The quantitative estimate of drug-likeness (QED) is 0.596. The van der Waals surface area contributed by atoms with Crippen LogP contribution in [0.1, 0.15) is 27.6 Å². The highest BCUT2D eigenvalue weighted by Crippen LogP contribution is 2.28. The molecular formula is C17H15Br2N3O2. The minimum atomic E-state index is -0.243. The van der Waals surface area contributed by atoms with Gasteiger partial charge in [-0.15, -0.1) is 0 Å². The summed E-state index contributed by atoms with van der Waals surface area (Å²) in [5.74, 6) is 1.60. The van der Waals surface area contributed by atoms with Crippen LogP contribution in [0.5, 0.6) is 0 Å². The number of aryl methyl sites for hydroxylation is 3. The molecule has 0 fully saturated rings. The van der Waals surface area contributed by atoms with Crippen LogP contribution >= 0.6 is 31.9 Å². The lowest BCUT2D eigenvalue weighted by molar-refractivity contribution is 0.102. The predicted molar refractivity (Wildman–Crippen MR) is 99.8 cm³/mol. The van der Waals surface area contributed by atoms with Crippen molar-refractivity contribution in [2.24, 2.45) is 0 Å². The number of carbonyl (C=O) groups is 1. The first kappa shape index (κ1) is 17.0. The number of nitrogens with one attached hydrogen (secondary N) is 1. The fraction of sp³-hybridized carbons (Fsp3) is 0.176. The molecule has 0 aliphatic carbocycles. The first-order chi connectivity index (χ1) is 11.4. The van der Waals surface area contributed by atoms with Gasteiger partial charge in [0.05, 0.1) is 21.4 Å². The Labute approximate surface area is 156 Å². The smallest absolute Gasteiger partial charge is 0.261 e. The molecule has 24 heavy (non-hydrogen) atoms. The monoisotopic (exact) mass is 451 g/mol. The summed E-state index contributed by atoms with van der Waals surface area (Å²) in [6, 6.07) is 9.55. The van der Waals surface area contributed by atoms with Gasteiger partial charge < -0.3 is 9.73 Å². The number of benzene rings is 1. The lowest BCUT2D eigenvalue weighted by Gasteiger charge is -2.09. The summed E-state index contributed by atoms with van der Waals surface area (Å²) in [5, 5.41) is 7.38. The molecule has 2 heterocycles. The fourth-order valence-corrected chi connectivity index (χ4v) is 3.41. The Bertz CT molecular complexity index is 928. The van der Waals surface area contributed by atoms with Crippen LogP contribution in [0.2, 0.25) is 0 Å².